The molecule has 1 aromatic carbocycles. The molecule has 0 spiro atoms. The molecule has 1 aromatic rings. The van der Waals surface area contributed by atoms with Gasteiger partial charge >= 0.3 is 6.18 Å². The van der Waals surface area contributed by atoms with Gasteiger partial charge in [-0.15, -0.1) is 0 Å². The minimum Gasteiger partial charge on any atom is -0.508 e. The third-order valence-corrected chi connectivity index (χ3v) is 2.08. The van der Waals surface area contributed by atoms with Gasteiger partial charge in [-0.3, -0.25) is 0 Å². The molecule has 5 heteroatoms. The van der Waals surface area contributed by atoms with Crippen LogP contribution >= 0.6 is 0 Å². The van der Waals surface area contributed by atoms with E-state index in [-0.39, 0.29) is 12.2 Å². The maximum Gasteiger partial charge on any atom is 0.389 e. The fourth-order valence-corrected chi connectivity index (χ4v) is 1.26. The van der Waals surface area contributed by atoms with Gasteiger partial charge in [0.15, 0.2) is 0 Å². The molecule has 0 unspecified atom stereocenters. The van der Waals surface area contributed by atoms with E-state index in [0.29, 0.717) is 13.1 Å². The van der Waals surface area contributed by atoms with Crippen LogP contribution in [0.1, 0.15) is 18.4 Å². The lowest BCUT2D eigenvalue weighted by Gasteiger charge is -2.07. The lowest BCUT2D eigenvalue weighted by molar-refractivity contribution is -0.135. The largest absolute Gasteiger partial charge is 0.508 e. The van der Waals surface area contributed by atoms with Crippen molar-refractivity contribution in [3.8, 4) is 5.75 Å². The summed E-state index contributed by atoms with van der Waals surface area (Å²) in [5.74, 6) is 0.181. The Labute approximate surface area is 92.1 Å². The first kappa shape index (κ1) is 12.8. The summed E-state index contributed by atoms with van der Waals surface area (Å²) in [5.41, 5.74) is 0.935. The maximum absolute atomic E-state index is 11.8. The van der Waals surface area contributed by atoms with Crippen LogP contribution in [0.15, 0.2) is 24.3 Å². The summed E-state index contributed by atoms with van der Waals surface area (Å²) in [6.45, 7) is 0.846. The average Bonchev–Trinajstić information content (AvgIpc) is 2.19. The van der Waals surface area contributed by atoms with Crippen molar-refractivity contribution in [1.29, 1.82) is 0 Å². The molecule has 0 heterocycles. The van der Waals surface area contributed by atoms with Gasteiger partial charge in [0.1, 0.15) is 5.75 Å². The molecule has 16 heavy (non-hydrogen) atoms. The van der Waals surface area contributed by atoms with Gasteiger partial charge in [-0.05, 0) is 30.7 Å². The van der Waals surface area contributed by atoms with E-state index in [9.17, 15) is 13.2 Å². The zero-order chi connectivity index (χ0) is 12.0. The molecule has 0 aromatic heterocycles. The second kappa shape index (κ2) is 5.75. The fourth-order valence-electron chi connectivity index (χ4n) is 1.26. The van der Waals surface area contributed by atoms with Gasteiger partial charge in [-0.25, -0.2) is 0 Å². The normalized spacial score (nSPS) is 11.7. The molecule has 0 fully saturated rings. The predicted octanol–water partition coefficient (Wildman–Crippen LogP) is 2.82. The molecule has 0 saturated carbocycles. The number of hydrogen-bond donors (Lipinski definition) is 2. The van der Waals surface area contributed by atoms with Gasteiger partial charge < -0.3 is 10.4 Å². The first-order valence-electron chi connectivity index (χ1n) is 5.03. The smallest absolute Gasteiger partial charge is 0.389 e. The molecular weight excluding hydrogens is 219 g/mol. The van der Waals surface area contributed by atoms with Crippen LogP contribution in [-0.4, -0.2) is 17.8 Å². The Morgan fingerprint density at radius 1 is 1.12 bits per heavy atom. The van der Waals surface area contributed by atoms with E-state index in [1.165, 1.54) is 0 Å². The maximum atomic E-state index is 11.8. The first-order valence-corrected chi connectivity index (χ1v) is 5.03. The minimum atomic E-state index is -4.07. The summed E-state index contributed by atoms with van der Waals surface area (Å²) in [6.07, 6.45) is -4.74. The van der Waals surface area contributed by atoms with Crippen molar-refractivity contribution >= 4 is 0 Å². The number of benzene rings is 1. The lowest BCUT2D eigenvalue weighted by Crippen LogP contribution is -2.17. The predicted molar refractivity (Wildman–Crippen MR) is 55.1 cm³/mol. The van der Waals surface area contributed by atoms with Crippen molar-refractivity contribution < 1.29 is 18.3 Å². The van der Waals surface area contributed by atoms with E-state index in [0.717, 1.165) is 5.56 Å². The van der Waals surface area contributed by atoms with Crippen LogP contribution < -0.4 is 5.32 Å². The van der Waals surface area contributed by atoms with Crippen LogP contribution in [0, 0.1) is 0 Å². The zero-order valence-corrected chi connectivity index (χ0v) is 8.72. The monoisotopic (exact) mass is 233 g/mol. The Balaban J connectivity index is 2.14. The van der Waals surface area contributed by atoms with Crippen molar-refractivity contribution in [3.05, 3.63) is 29.8 Å². The molecule has 2 nitrogen and oxygen atoms in total. The molecule has 0 amide bonds. The summed E-state index contributed by atoms with van der Waals surface area (Å²) in [5, 5.41) is 11.9. The Bertz CT molecular complexity index is 308. The van der Waals surface area contributed by atoms with Gasteiger partial charge in [-0.2, -0.15) is 13.2 Å². The summed E-state index contributed by atoms with van der Waals surface area (Å²) in [7, 11) is 0. The van der Waals surface area contributed by atoms with Crippen molar-refractivity contribution in [2.45, 2.75) is 25.6 Å². The Morgan fingerprint density at radius 2 is 1.75 bits per heavy atom. The molecule has 0 bridgehead atoms. The van der Waals surface area contributed by atoms with Crippen LogP contribution in [0.25, 0.3) is 0 Å². The zero-order valence-electron chi connectivity index (χ0n) is 8.72. The van der Waals surface area contributed by atoms with Crippen LogP contribution in [0.5, 0.6) is 5.75 Å². The Hall–Kier alpha value is -1.23. The Kier molecular flexibility index (Phi) is 4.61. The van der Waals surface area contributed by atoms with Gasteiger partial charge in [0.25, 0.3) is 0 Å². The molecule has 0 aliphatic heterocycles. The number of alkyl halides is 3. The van der Waals surface area contributed by atoms with Crippen LogP contribution in [0.2, 0.25) is 0 Å². The first-order chi connectivity index (χ1) is 7.47. The highest BCUT2D eigenvalue weighted by atomic mass is 19.4. The number of aromatic hydroxyl groups is 1. The molecule has 90 valence electrons. The molecule has 2 N–H and O–H groups in total. The van der Waals surface area contributed by atoms with E-state index in [2.05, 4.69) is 5.32 Å². The summed E-state index contributed by atoms with van der Waals surface area (Å²) in [4.78, 5) is 0. The van der Waals surface area contributed by atoms with Crippen molar-refractivity contribution in [2.75, 3.05) is 6.54 Å². The highest BCUT2D eigenvalue weighted by Crippen LogP contribution is 2.20. The van der Waals surface area contributed by atoms with E-state index in [1.54, 1.807) is 24.3 Å². The third kappa shape index (κ3) is 5.60. The van der Waals surface area contributed by atoms with Crippen molar-refractivity contribution in [3.63, 3.8) is 0 Å². The fraction of sp³-hybridized carbons (Fsp3) is 0.455. The van der Waals surface area contributed by atoms with Crippen LogP contribution in [0.3, 0.4) is 0 Å². The van der Waals surface area contributed by atoms with Crippen LogP contribution in [0.4, 0.5) is 13.2 Å². The van der Waals surface area contributed by atoms with Gasteiger partial charge in [-0.1, -0.05) is 12.1 Å². The molecule has 0 atom stereocenters. The van der Waals surface area contributed by atoms with E-state index in [1.807, 2.05) is 0 Å². The lowest BCUT2D eigenvalue weighted by atomic mass is 10.2. The topological polar surface area (TPSA) is 32.3 Å². The summed E-state index contributed by atoms with van der Waals surface area (Å²) in [6, 6.07) is 6.55. The molecule has 0 aliphatic rings. The second-order valence-electron chi connectivity index (χ2n) is 3.56. The number of phenolic OH excluding ortho intramolecular Hbond substituents is 1. The van der Waals surface area contributed by atoms with Gasteiger partial charge in [0.05, 0.1) is 0 Å². The Morgan fingerprint density at radius 3 is 2.31 bits per heavy atom. The number of hydrogen-bond acceptors (Lipinski definition) is 2. The molecular formula is C11H14F3NO. The highest BCUT2D eigenvalue weighted by Gasteiger charge is 2.25. The van der Waals surface area contributed by atoms with Crippen molar-refractivity contribution in [1.82, 2.24) is 5.32 Å². The number of halogens is 3. The number of rotatable bonds is 5. The van der Waals surface area contributed by atoms with E-state index in [4.69, 9.17) is 5.11 Å². The average molecular weight is 233 g/mol. The van der Waals surface area contributed by atoms with Crippen molar-refractivity contribution in [2.24, 2.45) is 0 Å². The second-order valence-corrected chi connectivity index (χ2v) is 3.56. The van der Waals surface area contributed by atoms with E-state index < -0.39 is 12.6 Å². The van der Waals surface area contributed by atoms with Crippen LogP contribution in [-0.2, 0) is 6.54 Å². The summed E-state index contributed by atoms with van der Waals surface area (Å²) >= 11 is 0. The number of nitrogens with one attached hydrogen (secondary N) is 1. The third-order valence-electron chi connectivity index (χ3n) is 2.08. The molecule has 0 saturated heterocycles. The van der Waals surface area contributed by atoms with Gasteiger partial charge in [0.2, 0.25) is 0 Å². The minimum absolute atomic E-state index is 0.0849. The molecule has 0 radical (unpaired) electrons. The molecule has 0 aliphatic carbocycles. The quantitative estimate of drug-likeness (QED) is 0.766. The summed E-state index contributed by atoms with van der Waals surface area (Å²) < 4.78 is 35.4. The van der Waals surface area contributed by atoms with E-state index >= 15 is 0 Å². The SMILES string of the molecule is Oc1ccc(CNCCCC(F)(F)F)cc1. The molecule has 1 rings (SSSR count). The highest BCUT2D eigenvalue weighted by molar-refractivity contribution is 5.25. The standard InChI is InChI=1S/C11H14F3NO/c12-11(13,14)6-1-7-15-8-9-2-4-10(16)5-3-9/h2-5,15-16H,1,6-8H2. The number of phenols is 1. The van der Waals surface area contributed by atoms with Gasteiger partial charge in [0, 0.05) is 13.0 Å².